The summed E-state index contributed by atoms with van der Waals surface area (Å²) in [6.45, 7) is 5.47. The van der Waals surface area contributed by atoms with Crippen molar-refractivity contribution in [2.45, 2.75) is 26.9 Å². The van der Waals surface area contributed by atoms with Gasteiger partial charge in [-0.05, 0) is 38.5 Å². The fourth-order valence-electron chi connectivity index (χ4n) is 3.10. The molecule has 0 aliphatic carbocycles. The maximum Gasteiger partial charge on any atom is 0.286 e. The van der Waals surface area contributed by atoms with Crippen LogP contribution in [0.5, 0.6) is 5.75 Å². The number of amides is 2. The van der Waals surface area contributed by atoms with E-state index in [1.54, 1.807) is 20.8 Å². The van der Waals surface area contributed by atoms with Gasteiger partial charge in [0.15, 0.2) is 11.9 Å². The lowest BCUT2D eigenvalue weighted by Gasteiger charge is -2.18. The molecule has 2 N–H and O–H groups in total. The number of ether oxygens (including phenoxy) is 1. The summed E-state index contributed by atoms with van der Waals surface area (Å²) in [5, 5.41) is 9.84. The van der Waals surface area contributed by atoms with Gasteiger partial charge in [0.2, 0.25) is 0 Å². The van der Waals surface area contributed by atoms with Gasteiger partial charge in [0.25, 0.3) is 11.8 Å². The first-order valence-electron chi connectivity index (χ1n) is 10.1. The lowest BCUT2D eigenvalue weighted by Crippen LogP contribution is -2.36. The largest absolute Gasteiger partial charge is 0.479 e. The van der Waals surface area contributed by atoms with Crippen molar-refractivity contribution < 1.29 is 22.9 Å². The quantitative estimate of drug-likeness (QED) is 0.537. The number of halogens is 1. The summed E-state index contributed by atoms with van der Waals surface area (Å²) in [6, 6.07) is 3.85. The maximum absolute atomic E-state index is 13.9. The van der Waals surface area contributed by atoms with E-state index in [1.807, 2.05) is 0 Å². The number of likely N-dealkylation sites (N-methyl/N-ethyl adjacent to an activating group) is 1. The first-order valence-corrected chi connectivity index (χ1v) is 12.4. The number of carbonyl (C=O) groups excluding carboxylic acids is 2. The SMILES string of the molecule is CCNC(=O)[C@@H](C)Oc1cc(F)ccc1Nc1ncnn2cc(C(=O)N=S(C)(C)=O)c(C)c12. The van der Waals surface area contributed by atoms with Crippen LogP contribution in [0.2, 0.25) is 0 Å². The summed E-state index contributed by atoms with van der Waals surface area (Å²) < 4.78 is 36.7. The fraction of sp³-hybridized carbons (Fsp3) is 0.333. The third-order valence-corrected chi connectivity index (χ3v) is 5.19. The van der Waals surface area contributed by atoms with Gasteiger partial charge in [-0.15, -0.1) is 0 Å². The Morgan fingerprint density at radius 3 is 2.73 bits per heavy atom. The van der Waals surface area contributed by atoms with Crippen molar-refractivity contribution in [2.75, 3.05) is 24.4 Å². The minimum absolute atomic E-state index is 0.109. The lowest BCUT2D eigenvalue weighted by molar-refractivity contribution is -0.127. The van der Waals surface area contributed by atoms with Gasteiger partial charge in [0.05, 0.1) is 11.3 Å². The van der Waals surface area contributed by atoms with Gasteiger partial charge in [-0.2, -0.15) is 9.46 Å². The summed E-state index contributed by atoms with van der Waals surface area (Å²) >= 11 is 0. The van der Waals surface area contributed by atoms with E-state index in [-0.39, 0.29) is 17.2 Å². The smallest absolute Gasteiger partial charge is 0.286 e. The van der Waals surface area contributed by atoms with Crippen LogP contribution < -0.4 is 15.4 Å². The molecule has 3 aromatic rings. The van der Waals surface area contributed by atoms with Crippen molar-refractivity contribution in [1.82, 2.24) is 19.9 Å². The minimum Gasteiger partial charge on any atom is -0.479 e. The zero-order chi connectivity index (χ0) is 24.3. The Hall–Kier alpha value is -3.54. The molecule has 176 valence electrons. The van der Waals surface area contributed by atoms with Crippen molar-refractivity contribution >= 4 is 38.6 Å². The minimum atomic E-state index is -2.64. The molecule has 0 fully saturated rings. The van der Waals surface area contributed by atoms with E-state index >= 15 is 0 Å². The van der Waals surface area contributed by atoms with Crippen molar-refractivity contribution in [3.63, 3.8) is 0 Å². The van der Waals surface area contributed by atoms with E-state index in [2.05, 4.69) is 25.1 Å². The summed E-state index contributed by atoms with van der Waals surface area (Å²) in [6.07, 6.45) is 4.65. The number of benzene rings is 1. The highest BCUT2D eigenvalue weighted by Gasteiger charge is 2.20. The molecule has 1 atom stereocenters. The second kappa shape index (κ2) is 9.53. The molecule has 33 heavy (non-hydrogen) atoms. The Bertz CT molecular complexity index is 1340. The number of hydrogen-bond donors (Lipinski definition) is 2. The molecule has 10 nitrogen and oxygen atoms in total. The number of nitrogens with zero attached hydrogens (tertiary/aromatic N) is 4. The zero-order valence-corrected chi connectivity index (χ0v) is 19.7. The molecule has 0 radical (unpaired) electrons. The molecule has 0 saturated carbocycles. The van der Waals surface area contributed by atoms with Crippen molar-refractivity contribution in [3.8, 4) is 5.75 Å². The third kappa shape index (κ3) is 5.64. The molecule has 2 amide bonds. The van der Waals surface area contributed by atoms with E-state index < -0.39 is 27.6 Å². The average Bonchev–Trinajstić information content (AvgIpc) is 3.06. The van der Waals surface area contributed by atoms with Gasteiger partial charge in [-0.1, -0.05) is 0 Å². The Labute approximate surface area is 190 Å². The van der Waals surface area contributed by atoms with Crippen LogP contribution in [0.15, 0.2) is 35.1 Å². The molecule has 0 spiro atoms. The summed E-state index contributed by atoms with van der Waals surface area (Å²) in [5.74, 6) is -1.08. The Kier molecular flexibility index (Phi) is 6.96. The molecule has 0 aliphatic rings. The number of anilines is 2. The van der Waals surface area contributed by atoms with Crippen molar-refractivity contribution in [1.29, 1.82) is 0 Å². The normalized spacial score (nSPS) is 12.3. The first kappa shape index (κ1) is 24.1. The van der Waals surface area contributed by atoms with Gasteiger partial charge in [0, 0.05) is 41.0 Å². The highest BCUT2D eigenvalue weighted by atomic mass is 32.2. The van der Waals surface area contributed by atoms with E-state index in [9.17, 15) is 18.2 Å². The average molecular weight is 477 g/mol. The number of fused-ring (bicyclic) bond motifs is 1. The fourth-order valence-corrected chi connectivity index (χ4v) is 3.60. The maximum atomic E-state index is 13.9. The Balaban J connectivity index is 2.02. The van der Waals surface area contributed by atoms with Gasteiger partial charge < -0.3 is 15.4 Å². The van der Waals surface area contributed by atoms with Gasteiger partial charge in [-0.25, -0.2) is 18.1 Å². The predicted octanol–water partition coefficient (Wildman–Crippen LogP) is 2.69. The standard InChI is InChI=1S/C21H25FN6O4S/c1-6-23-20(29)13(3)32-17-9-14(22)7-8-16(17)26-19-18-12(2)15(10-28(18)25-11-24-19)21(30)27-33(4,5)31/h7-11,13H,6H2,1-5H3,(H,23,29)(H,24,25,26)/t13-/m1/s1. The van der Waals surface area contributed by atoms with Crippen LogP contribution in [0.3, 0.4) is 0 Å². The third-order valence-electron chi connectivity index (χ3n) is 4.58. The highest BCUT2D eigenvalue weighted by molar-refractivity contribution is 7.92. The Morgan fingerprint density at radius 2 is 2.06 bits per heavy atom. The van der Waals surface area contributed by atoms with Crippen LogP contribution in [0, 0.1) is 12.7 Å². The number of nitrogens with one attached hydrogen (secondary N) is 2. The molecule has 2 aromatic heterocycles. The molecule has 0 saturated heterocycles. The van der Waals surface area contributed by atoms with Crippen LogP contribution in [0.25, 0.3) is 5.52 Å². The van der Waals surface area contributed by atoms with Crippen molar-refractivity contribution in [2.24, 2.45) is 4.36 Å². The zero-order valence-electron chi connectivity index (χ0n) is 18.9. The molecular weight excluding hydrogens is 451 g/mol. The highest BCUT2D eigenvalue weighted by Crippen LogP contribution is 2.32. The molecule has 0 bridgehead atoms. The number of carbonyl (C=O) groups is 2. The van der Waals surface area contributed by atoms with E-state index in [0.717, 1.165) is 6.07 Å². The second-order valence-corrected chi connectivity index (χ2v) is 10.1. The number of hydrogen-bond acceptors (Lipinski definition) is 7. The van der Waals surface area contributed by atoms with Crippen LogP contribution in [0.4, 0.5) is 15.9 Å². The second-order valence-electron chi connectivity index (χ2n) is 7.57. The molecule has 12 heteroatoms. The first-order chi connectivity index (χ1) is 15.5. The number of aromatic nitrogens is 3. The van der Waals surface area contributed by atoms with Crippen LogP contribution in [-0.4, -0.2) is 55.8 Å². The molecule has 0 unspecified atom stereocenters. The topological polar surface area (TPSA) is 127 Å². The van der Waals surface area contributed by atoms with Gasteiger partial charge in [-0.3, -0.25) is 9.59 Å². The van der Waals surface area contributed by atoms with Gasteiger partial charge >= 0.3 is 0 Å². The van der Waals surface area contributed by atoms with Crippen LogP contribution in [0.1, 0.15) is 29.8 Å². The summed E-state index contributed by atoms with van der Waals surface area (Å²) in [7, 11) is -2.64. The molecular formula is C21H25FN6O4S. The summed E-state index contributed by atoms with van der Waals surface area (Å²) in [4.78, 5) is 28.8. The Morgan fingerprint density at radius 1 is 1.33 bits per heavy atom. The van der Waals surface area contributed by atoms with Crippen LogP contribution >= 0.6 is 0 Å². The van der Waals surface area contributed by atoms with Gasteiger partial charge in [0.1, 0.15) is 23.4 Å². The lowest BCUT2D eigenvalue weighted by atomic mass is 10.2. The van der Waals surface area contributed by atoms with E-state index in [0.29, 0.717) is 29.1 Å². The predicted molar refractivity (Wildman–Crippen MR) is 123 cm³/mol. The van der Waals surface area contributed by atoms with Crippen LogP contribution in [-0.2, 0) is 14.5 Å². The number of rotatable bonds is 7. The molecule has 0 aliphatic heterocycles. The molecule has 3 rings (SSSR count). The monoisotopic (exact) mass is 476 g/mol. The number of aryl methyl sites for hydroxylation is 1. The summed E-state index contributed by atoms with van der Waals surface area (Å²) in [5.41, 5.74) is 1.59. The van der Waals surface area contributed by atoms with E-state index in [4.69, 9.17) is 4.74 Å². The van der Waals surface area contributed by atoms with Crippen molar-refractivity contribution in [3.05, 3.63) is 47.7 Å². The molecule has 1 aromatic carbocycles. The van der Waals surface area contributed by atoms with E-state index in [1.165, 1.54) is 41.7 Å². The molecule has 2 heterocycles.